The molecule has 1 aromatic heterocycles. The zero-order valence-corrected chi connectivity index (χ0v) is 28.4. The van der Waals surface area contributed by atoms with E-state index in [1.54, 1.807) is 25.1 Å². The number of methoxy groups -OCH3 is 1. The molecule has 4 aliphatic rings. The van der Waals surface area contributed by atoms with Crippen LogP contribution in [0.25, 0.3) is 10.9 Å². The molecular weight excluding hydrogens is 622 g/mol. The van der Waals surface area contributed by atoms with Gasteiger partial charge in [-0.3, -0.25) is 19.1 Å². The van der Waals surface area contributed by atoms with Gasteiger partial charge in [0.2, 0.25) is 27.7 Å². The van der Waals surface area contributed by atoms with Gasteiger partial charge >= 0.3 is 0 Å². The van der Waals surface area contributed by atoms with Gasteiger partial charge in [-0.2, -0.15) is 0 Å². The normalized spacial score (nSPS) is 29.0. The fraction of sp³-hybridized carbons (Fsp3) is 0.600. The van der Waals surface area contributed by atoms with E-state index in [2.05, 4.69) is 9.71 Å². The first-order chi connectivity index (χ1) is 22.5. The molecule has 1 N–H and O–H groups in total. The molecule has 0 bridgehead atoms. The molecular formula is C35H45N3O8S. The van der Waals surface area contributed by atoms with Crippen LogP contribution in [0.1, 0.15) is 70.3 Å². The number of carbonyl (C=O) groups excluding carboxylic acids is 3. The van der Waals surface area contributed by atoms with Crippen molar-refractivity contribution >= 4 is 38.5 Å². The summed E-state index contributed by atoms with van der Waals surface area (Å²) in [6.45, 7) is 4.79. The van der Waals surface area contributed by atoms with Crippen molar-refractivity contribution < 1.29 is 37.0 Å². The van der Waals surface area contributed by atoms with Crippen LogP contribution < -0.4 is 18.9 Å². The Labute approximate surface area is 276 Å². The van der Waals surface area contributed by atoms with E-state index in [1.165, 1.54) is 0 Å². The minimum atomic E-state index is -3.77. The molecule has 0 radical (unpaired) electrons. The number of nitrogens with one attached hydrogen (secondary N) is 1. The number of amides is 2. The number of aromatic nitrogens is 1. The Morgan fingerprint density at radius 2 is 1.89 bits per heavy atom. The van der Waals surface area contributed by atoms with Gasteiger partial charge in [0, 0.05) is 42.9 Å². The molecule has 1 aromatic carbocycles. The van der Waals surface area contributed by atoms with Gasteiger partial charge in [-0.05, 0) is 83.3 Å². The highest BCUT2D eigenvalue weighted by atomic mass is 32.2. The average Bonchev–Trinajstić information content (AvgIpc) is 3.96. The number of aryl methyl sites for hydroxylation is 1. The van der Waals surface area contributed by atoms with Crippen LogP contribution in [0.5, 0.6) is 17.4 Å². The third-order valence-electron chi connectivity index (χ3n) is 10.3. The van der Waals surface area contributed by atoms with Crippen LogP contribution in [-0.2, 0) is 24.4 Å². The van der Waals surface area contributed by atoms with Crippen molar-refractivity contribution in [2.24, 2.45) is 23.2 Å². The maximum Gasteiger partial charge on any atom is 0.240 e. The van der Waals surface area contributed by atoms with Crippen LogP contribution in [0.3, 0.4) is 0 Å². The lowest BCUT2D eigenvalue weighted by Crippen LogP contribution is -2.42. The first-order valence-electron chi connectivity index (χ1n) is 16.8. The molecule has 2 heterocycles. The van der Waals surface area contributed by atoms with Gasteiger partial charge in [0.15, 0.2) is 0 Å². The number of sulfonamides is 1. The average molecular weight is 668 g/mol. The van der Waals surface area contributed by atoms with Crippen molar-refractivity contribution in [2.75, 3.05) is 27.3 Å². The number of pyridine rings is 1. The molecule has 11 nitrogen and oxygen atoms in total. The Bertz CT molecular complexity index is 1700. The molecule has 0 spiro atoms. The van der Waals surface area contributed by atoms with Crippen molar-refractivity contribution in [1.82, 2.24) is 14.6 Å². The molecule has 5 atom stereocenters. The molecule has 2 amide bonds. The third-order valence-corrected chi connectivity index (χ3v) is 12.1. The first kappa shape index (κ1) is 33.2. The van der Waals surface area contributed by atoms with Gasteiger partial charge in [0.25, 0.3) is 0 Å². The molecule has 3 fully saturated rings. The second-order valence-corrected chi connectivity index (χ2v) is 15.5. The second-order valence-electron chi connectivity index (χ2n) is 13.6. The zero-order chi connectivity index (χ0) is 33.5. The van der Waals surface area contributed by atoms with Gasteiger partial charge < -0.3 is 19.1 Å². The number of benzene rings is 1. The maximum atomic E-state index is 14.2. The molecule has 6 rings (SSSR count). The number of nitrogens with zero attached hydrogens (tertiary/aromatic N) is 2. The van der Waals surface area contributed by atoms with Crippen molar-refractivity contribution in [1.29, 1.82) is 0 Å². The van der Waals surface area contributed by atoms with E-state index in [4.69, 9.17) is 14.2 Å². The smallest absolute Gasteiger partial charge is 0.240 e. The van der Waals surface area contributed by atoms with E-state index in [0.717, 1.165) is 30.2 Å². The number of hydrogen-bond acceptors (Lipinski definition) is 9. The number of carbonyl (C=O) groups is 3. The minimum absolute atomic E-state index is 0.112. The van der Waals surface area contributed by atoms with E-state index in [9.17, 15) is 22.8 Å². The zero-order valence-electron chi connectivity index (χ0n) is 27.6. The fourth-order valence-corrected chi connectivity index (χ4v) is 8.71. The topological polar surface area (TPSA) is 141 Å². The van der Waals surface area contributed by atoms with Crippen LogP contribution in [0.4, 0.5) is 0 Å². The lowest BCUT2D eigenvalue weighted by Gasteiger charge is -2.26. The largest absolute Gasteiger partial charge is 0.496 e. The Hall–Kier alpha value is -3.67. The van der Waals surface area contributed by atoms with Crippen molar-refractivity contribution in [3.05, 3.63) is 35.9 Å². The van der Waals surface area contributed by atoms with E-state index in [1.807, 2.05) is 38.1 Å². The first-order valence-corrected chi connectivity index (χ1v) is 18.3. The molecule has 0 saturated heterocycles. The molecule has 3 aliphatic carbocycles. The van der Waals surface area contributed by atoms with E-state index in [0.29, 0.717) is 68.2 Å². The number of Topliss-reactive ketones (excluding diaryl/α,β-unsaturated/α-hetero) is 1. The lowest BCUT2D eigenvalue weighted by atomic mass is 9.84. The number of allylic oxidation sites excluding steroid dienone is 2. The highest BCUT2D eigenvalue weighted by Crippen LogP contribution is 2.58. The third kappa shape index (κ3) is 6.71. The maximum absolute atomic E-state index is 14.2. The lowest BCUT2D eigenvalue weighted by molar-refractivity contribution is -0.140. The monoisotopic (exact) mass is 667 g/mol. The SMILES string of the molecule is CCOc1cc(O[C@@H]2C[C@H]3C(=O)C[C@]4(C(=O)NS(=O)(=O)C5CC5)C[C@@H]4/C=C\CCCCN(C)C(=O)[C@@H]3C2)c2ccc(OC)c(C)c2n1. The van der Waals surface area contributed by atoms with Crippen LogP contribution in [0, 0.1) is 30.1 Å². The quantitative estimate of drug-likeness (QED) is 0.403. The fourth-order valence-electron chi connectivity index (χ4n) is 7.32. The number of ketones is 1. The van der Waals surface area contributed by atoms with Gasteiger partial charge in [-0.25, -0.2) is 13.4 Å². The number of rotatable bonds is 8. The Balaban J connectivity index is 1.30. The summed E-state index contributed by atoms with van der Waals surface area (Å²) in [6, 6.07) is 5.48. The van der Waals surface area contributed by atoms with Crippen LogP contribution in [0.2, 0.25) is 0 Å². The number of hydrogen-bond donors (Lipinski definition) is 1. The Kier molecular flexibility index (Phi) is 9.26. The molecule has 1 aliphatic heterocycles. The van der Waals surface area contributed by atoms with Crippen LogP contribution >= 0.6 is 0 Å². The van der Waals surface area contributed by atoms with Gasteiger partial charge in [0.1, 0.15) is 23.4 Å². The molecule has 0 unspecified atom stereocenters. The number of ether oxygens (including phenoxy) is 3. The number of fused-ring (bicyclic) bond motifs is 3. The standard InChI is InChI=1S/C35H45N3O8S/c1-5-45-31-18-30(25-13-14-29(44-4)21(2)32(25)36-31)46-23-16-26-27(17-23)33(40)38(3)15-9-7-6-8-10-22-19-35(22,20-28(26)39)34(41)37-47(42,43)24-11-12-24/h8,10,13-14,18,22-24,26-27H,5-7,9,11-12,15-17,19-20H2,1-4H3,(H,37,41)/b10-8-/t22-,23+,26+,27+,35+/m0/s1. The van der Waals surface area contributed by atoms with E-state index < -0.39 is 44.5 Å². The summed E-state index contributed by atoms with van der Waals surface area (Å²) in [6.07, 6.45) is 7.96. The van der Waals surface area contributed by atoms with Gasteiger partial charge in [-0.15, -0.1) is 0 Å². The Morgan fingerprint density at radius 3 is 2.62 bits per heavy atom. The van der Waals surface area contributed by atoms with E-state index >= 15 is 0 Å². The summed E-state index contributed by atoms with van der Waals surface area (Å²) in [4.78, 5) is 48.1. The van der Waals surface area contributed by atoms with Crippen molar-refractivity contribution in [2.45, 2.75) is 83.0 Å². The highest BCUT2D eigenvalue weighted by molar-refractivity contribution is 7.90. The molecule has 3 saturated carbocycles. The molecule has 47 heavy (non-hydrogen) atoms. The van der Waals surface area contributed by atoms with Gasteiger partial charge in [0.05, 0.1) is 35.8 Å². The summed E-state index contributed by atoms with van der Waals surface area (Å²) in [5.41, 5.74) is 0.376. The second kappa shape index (κ2) is 13.1. The molecule has 2 aromatic rings. The summed E-state index contributed by atoms with van der Waals surface area (Å²) in [7, 11) is -0.398. The molecule has 12 heteroatoms. The molecule has 254 valence electrons. The summed E-state index contributed by atoms with van der Waals surface area (Å²) in [5, 5.41) is 0.215. The van der Waals surface area contributed by atoms with Crippen molar-refractivity contribution in [3.63, 3.8) is 0 Å². The predicted octanol–water partition coefficient (Wildman–Crippen LogP) is 4.50. The van der Waals surface area contributed by atoms with Crippen LogP contribution in [-0.4, -0.2) is 74.6 Å². The summed E-state index contributed by atoms with van der Waals surface area (Å²) < 4.78 is 45.6. The summed E-state index contributed by atoms with van der Waals surface area (Å²) in [5.74, 6) is -0.816. The van der Waals surface area contributed by atoms with Crippen molar-refractivity contribution in [3.8, 4) is 17.4 Å². The summed E-state index contributed by atoms with van der Waals surface area (Å²) >= 11 is 0. The minimum Gasteiger partial charge on any atom is -0.496 e. The Morgan fingerprint density at radius 1 is 1.13 bits per heavy atom. The van der Waals surface area contributed by atoms with Gasteiger partial charge in [-0.1, -0.05) is 12.2 Å². The highest BCUT2D eigenvalue weighted by Gasteiger charge is 2.61. The van der Waals surface area contributed by atoms with Crippen LogP contribution in [0.15, 0.2) is 30.4 Å². The predicted molar refractivity (Wildman–Crippen MR) is 176 cm³/mol. The van der Waals surface area contributed by atoms with E-state index in [-0.39, 0.29) is 24.0 Å².